The molecule has 0 atom stereocenters. The molecule has 7 heteroatoms. The quantitative estimate of drug-likeness (QED) is 0.886. The summed E-state index contributed by atoms with van der Waals surface area (Å²) in [4.78, 5) is 27.4. The second-order valence-electron chi connectivity index (χ2n) is 4.20. The van der Waals surface area contributed by atoms with Gasteiger partial charge in [0.15, 0.2) is 5.15 Å². The van der Waals surface area contributed by atoms with Crippen molar-refractivity contribution in [2.45, 2.75) is 13.5 Å². The van der Waals surface area contributed by atoms with E-state index in [2.05, 4.69) is 10.3 Å². The summed E-state index contributed by atoms with van der Waals surface area (Å²) in [5.74, 6) is -0.349. The normalized spacial score (nSPS) is 10.3. The molecule has 0 saturated carbocycles. The van der Waals surface area contributed by atoms with Crippen LogP contribution >= 0.6 is 23.2 Å². The Morgan fingerprint density at radius 2 is 2.15 bits per heavy atom. The Morgan fingerprint density at radius 1 is 1.40 bits per heavy atom. The second-order valence-corrected chi connectivity index (χ2v) is 4.94. The largest absolute Gasteiger partial charge is 0.325 e. The third-order valence-corrected chi connectivity index (χ3v) is 3.28. The van der Waals surface area contributed by atoms with Gasteiger partial charge in [0.25, 0.3) is 5.56 Å². The molecule has 0 saturated heterocycles. The average molecular weight is 312 g/mol. The van der Waals surface area contributed by atoms with Crippen LogP contribution in [0, 0.1) is 6.92 Å². The van der Waals surface area contributed by atoms with E-state index in [9.17, 15) is 9.59 Å². The first-order valence-corrected chi connectivity index (χ1v) is 6.50. The number of nitrogens with zero attached hydrogens (tertiary/aromatic N) is 2. The molecule has 1 N–H and O–H groups in total. The van der Waals surface area contributed by atoms with Crippen molar-refractivity contribution in [1.82, 2.24) is 9.55 Å². The van der Waals surface area contributed by atoms with Crippen molar-refractivity contribution in [3.05, 3.63) is 56.7 Å². The monoisotopic (exact) mass is 311 g/mol. The number of nitrogens with one attached hydrogen (secondary N) is 1. The number of aryl methyl sites for hydroxylation is 1. The number of anilines is 1. The lowest BCUT2D eigenvalue weighted by Gasteiger charge is -2.08. The summed E-state index contributed by atoms with van der Waals surface area (Å²) in [6.45, 7) is 1.74. The van der Waals surface area contributed by atoms with Crippen molar-refractivity contribution >= 4 is 34.8 Å². The molecule has 0 aliphatic carbocycles. The molecule has 1 aromatic carbocycles. The number of rotatable bonds is 3. The molecule has 0 radical (unpaired) electrons. The summed E-state index contributed by atoms with van der Waals surface area (Å²) in [5, 5.41) is 2.42. The molecule has 20 heavy (non-hydrogen) atoms. The smallest absolute Gasteiger partial charge is 0.274 e. The molecule has 1 aromatic heterocycles. The van der Waals surface area contributed by atoms with E-state index < -0.39 is 5.56 Å². The Hall–Kier alpha value is -1.85. The standard InChI is InChI=1S/C13H11Cl2N3O2/c1-8-3-2-4-9(5-8)17-10(19)6-18-7-16-12(15)11(14)13(18)20/h2-5,7H,6H2,1H3,(H,17,19). The van der Waals surface area contributed by atoms with Crippen molar-refractivity contribution in [3.63, 3.8) is 0 Å². The van der Waals surface area contributed by atoms with Crippen molar-refractivity contribution in [3.8, 4) is 0 Å². The third kappa shape index (κ3) is 3.37. The number of hydrogen-bond acceptors (Lipinski definition) is 3. The molecule has 2 aromatic rings. The van der Waals surface area contributed by atoms with Gasteiger partial charge in [-0.05, 0) is 24.6 Å². The van der Waals surface area contributed by atoms with Gasteiger partial charge in [-0.25, -0.2) is 4.98 Å². The molecule has 2 rings (SSSR count). The number of carbonyl (C=O) groups excluding carboxylic acids is 1. The van der Waals surface area contributed by atoms with Crippen LogP contribution in [0.2, 0.25) is 10.2 Å². The zero-order valence-corrected chi connectivity index (χ0v) is 12.1. The molecule has 104 valence electrons. The van der Waals surface area contributed by atoms with Gasteiger partial charge in [0, 0.05) is 5.69 Å². The lowest BCUT2D eigenvalue weighted by atomic mass is 10.2. The highest BCUT2D eigenvalue weighted by Gasteiger charge is 2.10. The van der Waals surface area contributed by atoms with Crippen LogP contribution in [0.1, 0.15) is 5.56 Å². The molecule has 5 nitrogen and oxygen atoms in total. The minimum atomic E-state index is -0.550. The van der Waals surface area contributed by atoms with Crippen molar-refractivity contribution in [2.75, 3.05) is 5.32 Å². The van der Waals surface area contributed by atoms with E-state index in [1.807, 2.05) is 25.1 Å². The van der Waals surface area contributed by atoms with Gasteiger partial charge in [0.05, 0.1) is 6.33 Å². The Bertz CT molecular complexity index is 713. The first-order valence-electron chi connectivity index (χ1n) is 5.74. The summed E-state index contributed by atoms with van der Waals surface area (Å²) in [6, 6.07) is 7.34. The van der Waals surface area contributed by atoms with Crippen LogP contribution in [0.25, 0.3) is 0 Å². The Labute approximate surface area is 125 Å². The molecule has 0 fully saturated rings. The predicted octanol–water partition coefficient (Wildman–Crippen LogP) is 2.50. The minimum Gasteiger partial charge on any atom is -0.325 e. The fourth-order valence-electron chi connectivity index (χ4n) is 1.63. The highest BCUT2D eigenvalue weighted by atomic mass is 35.5. The topological polar surface area (TPSA) is 64.0 Å². The maximum absolute atomic E-state index is 11.9. The Balaban J connectivity index is 2.13. The minimum absolute atomic E-state index is 0.0768. The predicted molar refractivity (Wildman–Crippen MR) is 78.3 cm³/mol. The first-order chi connectivity index (χ1) is 9.47. The summed E-state index contributed by atoms with van der Waals surface area (Å²) in [6.07, 6.45) is 1.19. The zero-order valence-electron chi connectivity index (χ0n) is 10.6. The number of hydrogen-bond donors (Lipinski definition) is 1. The van der Waals surface area contributed by atoms with Gasteiger partial charge in [0.1, 0.15) is 11.6 Å². The summed E-state index contributed by atoms with van der Waals surface area (Å²) < 4.78 is 1.10. The lowest BCUT2D eigenvalue weighted by Crippen LogP contribution is -2.28. The van der Waals surface area contributed by atoms with Gasteiger partial charge >= 0.3 is 0 Å². The van der Waals surface area contributed by atoms with E-state index in [0.717, 1.165) is 10.1 Å². The first kappa shape index (κ1) is 14.6. The van der Waals surface area contributed by atoms with Crippen LogP contribution in [0.5, 0.6) is 0 Å². The summed E-state index contributed by atoms with van der Waals surface area (Å²) in [7, 11) is 0. The van der Waals surface area contributed by atoms with E-state index in [1.165, 1.54) is 6.33 Å². The van der Waals surface area contributed by atoms with E-state index in [4.69, 9.17) is 23.2 Å². The summed E-state index contributed by atoms with van der Waals surface area (Å²) in [5.41, 5.74) is 1.14. The van der Waals surface area contributed by atoms with Crippen LogP contribution in [-0.4, -0.2) is 15.5 Å². The molecule has 0 bridgehead atoms. The molecule has 0 spiro atoms. The SMILES string of the molecule is Cc1cccc(NC(=O)Cn2cnc(Cl)c(Cl)c2=O)c1. The molecular formula is C13H11Cl2N3O2. The van der Waals surface area contributed by atoms with Gasteiger partial charge in [-0.15, -0.1) is 0 Å². The van der Waals surface area contributed by atoms with Gasteiger partial charge < -0.3 is 5.32 Å². The van der Waals surface area contributed by atoms with Gasteiger partial charge in [-0.3, -0.25) is 14.2 Å². The molecule has 0 unspecified atom stereocenters. The number of amides is 1. The number of benzene rings is 1. The molecule has 1 amide bonds. The number of halogens is 2. The highest BCUT2D eigenvalue weighted by molar-refractivity contribution is 6.40. The van der Waals surface area contributed by atoms with Crippen LogP contribution in [0.3, 0.4) is 0 Å². The fraction of sp³-hybridized carbons (Fsp3) is 0.154. The van der Waals surface area contributed by atoms with E-state index in [1.54, 1.807) is 6.07 Å². The molecular weight excluding hydrogens is 301 g/mol. The number of carbonyl (C=O) groups is 1. The van der Waals surface area contributed by atoms with Crippen LogP contribution in [0.15, 0.2) is 35.4 Å². The number of aromatic nitrogens is 2. The second kappa shape index (κ2) is 6.07. The van der Waals surface area contributed by atoms with Crippen molar-refractivity contribution < 1.29 is 4.79 Å². The molecule has 0 aliphatic rings. The Kier molecular flexibility index (Phi) is 4.42. The Morgan fingerprint density at radius 3 is 2.85 bits per heavy atom. The summed E-state index contributed by atoms with van der Waals surface area (Å²) >= 11 is 11.3. The maximum atomic E-state index is 11.9. The van der Waals surface area contributed by atoms with Crippen molar-refractivity contribution in [2.24, 2.45) is 0 Å². The van der Waals surface area contributed by atoms with Crippen LogP contribution in [-0.2, 0) is 11.3 Å². The van der Waals surface area contributed by atoms with Gasteiger partial charge in [-0.2, -0.15) is 0 Å². The average Bonchev–Trinajstić information content (AvgIpc) is 2.39. The van der Waals surface area contributed by atoms with Gasteiger partial charge in [0.2, 0.25) is 5.91 Å². The lowest BCUT2D eigenvalue weighted by molar-refractivity contribution is -0.116. The third-order valence-electron chi connectivity index (χ3n) is 2.56. The van der Waals surface area contributed by atoms with E-state index in [0.29, 0.717) is 5.69 Å². The maximum Gasteiger partial charge on any atom is 0.274 e. The zero-order chi connectivity index (χ0) is 14.7. The van der Waals surface area contributed by atoms with Crippen molar-refractivity contribution in [1.29, 1.82) is 0 Å². The molecule has 0 aliphatic heterocycles. The fourth-order valence-corrected chi connectivity index (χ4v) is 1.92. The van der Waals surface area contributed by atoms with Gasteiger partial charge in [-0.1, -0.05) is 35.3 Å². The van der Waals surface area contributed by atoms with E-state index in [-0.39, 0.29) is 22.6 Å². The van der Waals surface area contributed by atoms with Crippen LogP contribution < -0.4 is 10.9 Å². The highest BCUT2D eigenvalue weighted by Crippen LogP contribution is 2.13. The molecule has 1 heterocycles. The van der Waals surface area contributed by atoms with E-state index >= 15 is 0 Å². The van der Waals surface area contributed by atoms with Crippen LogP contribution in [0.4, 0.5) is 5.69 Å².